The number of hydrogen-bond donors (Lipinski definition) is 0. The highest BCUT2D eigenvalue weighted by Crippen LogP contribution is 2.36. The number of halogens is 1. The van der Waals surface area contributed by atoms with Crippen LogP contribution in [0.25, 0.3) is 10.1 Å². The van der Waals surface area contributed by atoms with Gasteiger partial charge in [-0.3, -0.25) is 9.69 Å². The van der Waals surface area contributed by atoms with Crippen LogP contribution < -0.4 is 0 Å². The molecule has 2 aliphatic heterocycles. The molecule has 4 nitrogen and oxygen atoms in total. The van der Waals surface area contributed by atoms with Crippen LogP contribution in [0.15, 0.2) is 24.3 Å². The van der Waals surface area contributed by atoms with E-state index in [0.29, 0.717) is 18.2 Å². The molecule has 1 aromatic carbocycles. The minimum Gasteiger partial charge on any atom is -0.340 e. The molecule has 2 aromatic rings. The predicted molar refractivity (Wildman–Crippen MR) is 118 cm³/mol. The lowest BCUT2D eigenvalue weighted by Gasteiger charge is -2.34. The van der Waals surface area contributed by atoms with Gasteiger partial charge in [0.2, 0.25) is 5.91 Å². The standard InChI is InChI=1S/C22H30ClN3OS/c1-24-11-13-26(14-12-24)21(27)9-8-17-5-4-10-25(15-17)16-20-22(23)18-6-2-3-7-19(18)28-20/h2-3,6-7,17H,4-5,8-16H2,1H3/t17-/m0/s1. The first-order chi connectivity index (χ1) is 13.6. The number of thiophene rings is 1. The molecule has 0 unspecified atom stereocenters. The van der Waals surface area contributed by atoms with E-state index in [2.05, 4.69) is 46.0 Å². The van der Waals surface area contributed by atoms with Gasteiger partial charge in [-0.1, -0.05) is 29.8 Å². The first kappa shape index (κ1) is 20.1. The Labute approximate surface area is 177 Å². The number of hydrogen-bond acceptors (Lipinski definition) is 4. The Hall–Kier alpha value is -1.14. The molecule has 0 saturated carbocycles. The van der Waals surface area contributed by atoms with Crippen LogP contribution >= 0.6 is 22.9 Å². The molecule has 152 valence electrons. The van der Waals surface area contributed by atoms with Crippen LogP contribution in [0, 0.1) is 5.92 Å². The molecule has 0 bridgehead atoms. The molecule has 1 amide bonds. The molecule has 6 heteroatoms. The summed E-state index contributed by atoms with van der Waals surface area (Å²) in [7, 11) is 2.13. The van der Waals surface area contributed by atoms with Crippen LogP contribution in [0.3, 0.4) is 0 Å². The fourth-order valence-electron chi connectivity index (χ4n) is 4.44. The van der Waals surface area contributed by atoms with E-state index < -0.39 is 0 Å². The number of benzene rings is 1. The number of carbonyl (C=O) groups excluding carboxylic acids is 1. The van der Waals surface area contributed by atoms with Crippen molar-refractivity contribution in [2.45, 2.75) is 32.2 Å². The summed E-state index contributed by atoms with van der Waals surface area (Å²) in [6, 6.07) is 8.39. The molecule has 1 atom stereocenters. The van der Waals surface area contributed by atoms with Gasteiger partial charge in [-0.25, -0.2) is 0 Å². The molecule has 1 aromatic heterocycles. The maximum atomic E-state index is 12.5. The lowest BCUT2D eigenvalue weighted by Crippen LogP contribution is -2.47. The fraction of sp³-hybridized carbons (Fsp3) is 0.591. The Kier molecular flexibility index (Phi) is 6.56. The molecule has 2 fully saturated rings. The molecule has 0 N–H and O–H groups in total. The summed E-state index contributed by atoms with van der Waals surface area (Å²) in [4.78, 5) is 20.7. The van der Waals surface area contributed by atoms with Crippen molar-refractivity contribution in [3.63, 3.8) is 0 Å². The quantitative estimate of drug-likeness (QED) is 0.722. The second kappa shape index (κ2) is 9.12. The Balaban J connectivity index is 1.29. The van der Waals surface area contributed by atoms with Gasteiger partial charge in [0.1, 0.15) is 0 Å². The first-order valence-electron chi connectivity index (χ1n) is 10.4. The zero-order valence-corrected chi connectivity index (χ0v) is 18.3. The second-order valence-electron chi connectivity index (χ2n) is 8.30. The first-order valence-corrected chi connectivity index (χ1v) is 11.6. The van der Waals surface area contributed by atoms with Crippen molar-refractivity contribution in [2.24, 2.45) is 5.92 Å². The Morgan fingerprint density at radius 3 is 2.75 bits per heavy atom. The van der Waals surface area contributed by atoms with Gasteiger partial charge in [-0.15, -0.1) is 11.3 Å². The molecule has 0 spiro atoms. The third-order valence-corrected chi connectivity index (χ3v) is 7.89. The van der Waals surface area contributed by atoms with Gasteiger partial charge < -0.3 is 9.80 Å². The maximum absolute atomic E-state index is 12.5. The van der Waals surface area contributed by atoms with Crippen LogP contribution in [-0.4, -0.2) is 66.9 Å². The fourth-order valence-corrected chi connectivity index (χ4v) is 5.98. The molecule has 28 heavy (non-hydrogen) atoms. The number of nitrogens with zero attached hydrogens (tertiary/aromatic N) is 3. The highest BCUT2D eigenvalue weighted by molar-refractivity contribution is 7.19. The molecular weight excluding hydrogens is 390 g/mol. The van der Waals surface area contributed by atoms with Crippen molar-refractivity contribution < 1.29 is 4.79 Å². The van der Waals surface area contributed by atoms with Gasteiger partial charge in [0.25, 0.3) is 0 Å². The highest BCUT2D eigenvalue weighted by atomic mass is 35.5. The normalized spacial score (nSPS) is 22.1. The SMILES string of the molecule is CN1CCN(C(=O)CC[C@@H]2CCCN(Cc3sc4ccccc4c3Cl)C2)CC1. The summed E-state index contributed by atoms with van der Waals surface area (Å²) in [5.41, 5.74) is 0. The highest BCUT2D eigenvalue weighted by Gasteiger charge is 2.24. The number of fused-ring (bicyclic) bond motifs is 1. The summed E-state index contributed by atoms with van der Waals surface area (Å²) < 4.78 is 1.27. The Morgan fingerprint density at radius 2 is 1.96 bits per heavy atom. The van der Waals surface area contributed by atoms with E-state index in [4.69, 9.17) is 11.6 Å². The largest absolute Gasteiger partial charge is 0.340 e. The number of rotatable bonds is 5. The summed E-state index contributed by atoms with van der Waals surface area (Å²) >= 11 is 8.46. The maximum Gasteiger partial charge on any atom is 0.222 e. The number of piperazine rings is 1. The van der Waals surface area contributed by atoms with Crippen molar-refractivity contribution in [3.05, 3.63) is 34.2 Å². The van der Waals surface area contributed by atoms with Gasteiger partial charge in [0.15, 0.2) is 0 Å². The number of likely N-dealkylation sites (N-methyl/N-ethyl adjacent to an activating group) is 1. The molecule has 3 heterocycles. The van der Waals surface area contributed by atoms with Gasteiger partial charge in [0, 0.05) is 60.7 Å². The number of likely N-dealkylation sites (tertiary alicyclic amines) is 1. The van der Waals surface area contributed by atoms with Crippen LogP contribution in [0.5, 0.6) is 0 Å². The van der Waals surface area contributed by atoms with Crippen LogP contribution in [-0.2, 0) is 11.3 Å². The average Bonchev–Trinajstić information content (AvgIpc) is 3.03. The van der Waals surface area contributed by atoms with Crippen LogP contribution in [0.1, 0.15) is 30.6 Å². The molecular formula is C22H30ClN3OS. The third kappa shape index (κ3) is 4.70. The summed E-state index contributed by atoms with van der Waals surface area (Å²) in [6.07, 6.45) is 4.18. The predicted octanol–water partition coefficient (Wildman–Crippen LogP) is 4.32. The second-order valence-corrected chi connectivity index (χ2v) is 9.82. The number of carbonyl (C=O) groups is 1. The van der Waals surface area contributed by atoms with E-state index in [1.165, 1.54) is 27.8 Å². The zero-order valence-electron chi connectivity index (χ0n) is 16.7. The lowest BCUT2D eigenvalue weighted by molar-refractivity contribution is -0.133. The van der Waals surface area contributed by atoms with Gasteiger partial charge in [-0.2, -0.15) is 0 Å². The summed E-state index contributed by atoms with van der Waals surface area (Å²) in [5, 5.41) is 2.10. The Morgan fingerprint density at radius 1 is 1.18 bits per heavy atom. The van der Waals surface area contributed by atoms with E-state index in [1.807, 2.05) is 11.3 Å². The van der Waals surface area contributed by atoms with Crippen molar-refractivity contribution in [2.75, 3.05) is 46.3 Å². The smallest absolute Gasteiger partial charge is 0.222 e. The molecule has 0 aliphatic carbocycles. The molecule has 0 radical (unpaired) electrons. The minimum atomic E-state index is 0.345. The van der Waals surface area contributed by atoms with E-state index in [1.54, 1.807) is 0 Å². The average molecular weight is 420 g/mol. The van der Waals surface area contributed by atoms with Gasteiger partial charge in [0.05, 0.1) is 5.02 Å². The van der Waals surface area contributed by atoms with Crippen molar-refractivity contribution in [1.29, 1.82) is 0 Å². The topological polar surface area (TPSA) is 26.8 Å². The van der Waals surface area contributed by atoms with Crippen LogP contribution in [0.4, 0.5) is 0 Å². The van der Waals surface area contributed by atoms with E-state index in [-0.39, 0.29) is 0 Å². The lowest BCUT2D eigenvalue weighted by atomic mass is 9.93. The minimum absolute atomic E-state index is 0.345. The summed E-state index contributed by atoms with van der Waals surface area (Å²) in [5.74, 6) is 0.969. The monoisotopic (exact) mass is 419 g/mol. The Bertz CT molecular complexity index is 815. The van der Waals surface area contributed by atoms with Crippen LogP contribution in [0.2, 0.25) is 5.02 Å². The van der Waals surface area contributed by atoms with Gasteiger partial charge >= 0.3 is 0 Å². The van der Waals surface area contributed by atoms with E-state index in [9.17, 15) is 4.79 Å². The van der Waals surface area contributed by atoms with Crippen molar-refractivity contribution >= 4 is 38.9 Å². The number of amides is 1. The zero-order chi connectivity index (χ0) is 19.5. The molecule has 2 saturated heterocycles. The molecule has 2 aliphatic rings. The summed E-state index contributed by atoms with van der Waals surface area (Å²) in [6.45, 7) is 6.92. The van der Waals surface area contributed by atoms with Crippen molar-refractivity contribution in [1.82, 2.24) is 14.7 Å². The van der Waals surface area contributed by atoms with Gasteiger partial charge in [-0.05, 0) is 44.8 Å². The molecule has 4 rings (SSSR count). The third-order valence-electron chi connectivity index (χ3n) is 6.19. The van der Waals surface area contributed by atoms with E-state index >= 15 is 0 Å². The van der Waals surface area contributed by atoms with E-state index in [0.717, 1.165) is 57.3 Å². The number of piperidine rings is 1. The van der Waals surface area contributed by atoms with Crippen molar-refractivity contribution in [3.8, 4) is 0 Å².